The van der Waals surface area contributed by atoms with Gasteiger partial charge in [-0.1, -0.05) is 28.1 Å². The van der Waals surface area contributed by atoms with Crippen LogP contribution in [0, 0.1) is 10.1 Å². The molecule has 2 amide bonds. The zero-order valence-electron chi connectivity index (χ0n) is 11.2. The van der Waals surface area contributed by atoms with Crippen molar-refractivity contribution >= 4 is 39.6 Å². The fourth-order valence-corrected chi connectivity index (χ4v) is 1.88. The number of hydrogen-bond donors (Lipinski definition) is 2. The maximum absolute atomic E-state index is 11.6. The molecule has 0 bridgehead atoms. The molecule has 0 aliphatic carbocycles. The van der Waals surface area contributed by atoms with E-state index in [1.807, 2.05) is 0 Å². The Kier molecular flexibility index (Phi) is 5.21. The third-order valence-corrected chi connectivity index (χ3v) is 3.13. The molecular weight excluding hydrogens is 352 g/mol. The van der Waals surface area contributed by atoms with Crippen LogP contribution in [0.1, 0.15) is 5.56 Å². The molecule has 0 aromatic heterocycles. The Hall–Kier alpha value is -2.74. The molecule has 22 heavy (non-hydrogen) atoms. The van der Waals surface area contributed by atoms with E-state index in [1.54, 1.807) is 36.4 Å². The second-order valence-electron chi connectivity index (χ2n) is 4.15. The predicted molar refractivity (Wildman–Crippen MR) is 87.0 cm³/mol. The summed E-state index contributed by atoms with van der Waals surface area (Å²) in [5, 5.41) is 17.1. The van der Waals surface area contributed by atoms with Crippen molar-refractivity contribution in [2.75, 3.05) is 5.32 Å². The highest BCUT2D eigenvalue weighted by Crippen LogP contribution is 2.15. The second-order valence-corrected chi connectivity index (χ2v) is 5.06. The first-order valence-corrected chi connectivity index (χ1v) is 6.94. The Balaban J connectivity index is 1.96. The number of nitro groups is 1. The molecule has 2 aromatic carbocycles. The maximum atomic E-state index is 11.6. The summed E-state index contributed by atoms with van der Waals surface area (Å²) >= 11 is 3.29. The fraction of sp³-hybridized carbons (Fsp3) is 0. The highest BCUT2D eigenvalue weighted by molar-refractivity contribution is 9.10. The molecule has 0 fully saturated rings. The molecule has 0 saturated heterocycles. The molecule has 8 heteroatoms. The molecule has 0 atom stereocenters. The van der Waals surface area contributed by atoms with Crippen LogP contribution in [0.15, 0.2) is 58.1 Å². The van der Waals surface area contributed by atoms with Gasteiger partial charge in [-0.05, 0) is 30.3 Å². The summed E-state index contributed by atoms with van der Waals surface area (Å²) in [6.45, 7) is 0. The van der Waals surface area contributed by atoms with Gasteiger partial charge in [-0.2, -0.15) is 5.10 Å². The van der Waals surface area contributed by atoms with Gasteiger partial charge in [0.2, 0.25) is 0 Å². The topological polar surface area (TPSA) is 96.6 Å². The first-order valence-electron chi connectivity index (χ1n) is 6.15. The summed E-state index contributed by atoms with van der Waals surface area (Å²) in [5.41, 5.74) is 3.06. The van der Waals surface area contributed by atoms with E-state index in [2.05, 4.69) is 31.8 Å². The first-order chi connectivity index (χ1) is 10.6. The van der Waals surface area contributed by atoms with Crippen LogP contribution in [-0.4, -0.2) is 17.2 Å². The van der Waals surface area contributed by atoms with Crippen LogP contribution in [0.25, 0.3) is 0 Å². The highest BCUT2D eigenvalue weighted by Gasteiger charge is 2.10. The zero-order chi connectivity index (χ0) is 15.9. The second kappa shape index (κ2) is 7.32. The van der Waals surface area contributed by atoms with Crippen molar-refractivity contribution in [2.24, 2.45) is 5.10 Å². The normalized spacial score (nSPS) is 10.4. The van der Waals surface area contributed by atoms with Gasteiger partial charge in [-0.3, -0.25) is 10.1 Å². The molecule has 0 saturated carbocycles. The molecule has 0 aliphatic rings. The van der Waals surface area contributed by atoms with E-state index in [4.69, 9.17) is 0 Å². The van der Waals surface area contributed by atoms with Gasteiger partial charge in [0.15, 0.2) is 0 Å². The first kappa shape index (κ1) is 15.6. The summed E-state index contributed by atoms with van der Waals surface area (Å²) in [7, 11) is 0. The molecule has 0 spiro atoms. The lowest BCUT2D eigenvalue weighted by atomic mass is 10.2. The van der Waals surface area contributed by atoms with Crippen LogP contribution in [0.4, 0.5) is 16.2 Å². The van der Waals surface area contributed by atoms with Gasteiger partial charge in [0, 0.05) is 16.2 Å². The van der Waals surface area contributed by atoms with Gasteiger partial charge in [-0.15, -0.1) is 0 Å². The lowest BCUT2D eigenvalue weighted by Crippen LogP contribution is -2.24. The smallest absolute Gasteiger partial charge is 0.307 e. The lowest BCUT2D eigenvalue weighted by Gasteiger charge is -2.03. The number of carbonyl (C=O) groups is 1. The Labute approximate surface area is 134 Å². The van der Waals surface area contributed by atoms with Gasteiger partial charge in [0.1, 0.15) is 0 Å². The number of carbonyl (C=O) groups excluding carboxylic acids is 1. The van der Waals surface area contributed by atoms with Crippen molar-refractivity contribution in [1.82, 2.24) is 5.43 Å². The van der Waals surface area contributed by atoms with Gasteiger partial charge < -0.3 is 5.32 Å². The Morgan fingerprint density at radius 1 is 1.18 bits per heavy atom. The Morgan fingerprint density at radius 2 is 1.86 bits per heavy atom. The number of nitrogens with zero attached hydrogens (tertiary/aromatic N) is 2. The Morgan fingerprint density at radius 3 is 2.55 bits per heavy atom. The number of rotatable bonds is 4. The van der Waals surface area contributed by atoms with Crippen molar-refractivity contribution < 1.29 is 9.72 Å². The minimum absolute atomic E-state index is 0.0821. The van der Waals surface area contributed by atoms with Crippen molar-refractivity contribution in [3.05, 3.63) is 68.7 Å². The molecule has 0 radical (unpaired) electrons. The molecule has 2 rings (SSSR count). The number of nitrogens with one attached hydrogen (secondary N) is 2. The summed E-state index contributed by atoms with van der Waals surface area (Å²) in [6, 6.07) is 12.6. The lowest BCUT2D eigenvalue weighted by molar-refractivity contribution is -0.385. The quantitative estimate of drug-likeness (QED) is 0.494. The highest BCUT2D eigenvalue weighted by atomic mass is 79.9. The average molecular weight is 363 g/mol. The number of hydrazone groups is 1. The van der Waals surface area contributed by atoms with E-state index in [1.165, 1.54) is 18.3 Å². The third-order valence-electron chi connectivity index (χ3n) is 2.61. The minimum Gasteiger partial charge on any atom is -0.307 e. The van der Waals surface area contributed by atoms with Crippen LogP contribution in [0.5, 0.6) is 0 Å². The third kappa shape index (κ3) is 4.38. The summed E-state index contributed by atoms with van der Waals surface area (Å²) < 4.78 is 0.896. The molecule has 2 N–H and O–H groups in total. The van der Waals surface area contributed by atoms with E-state index in [0.717, 1.165) is 4.47 Å². The summed E-state index contributed by atoms with van der Waals surface area (Å²) in [5.74, 6) is 0. The largest absolute Gasteiger partial charge is 0.339 e. The predicted octanol–water partition coefficient (Wildman–Crippen LogP) is 3.51. The molecule has 0 heterocycles. The monoisotopic (exact) mass is 362 g/mol. The van der Waals surface area contributed by atoms with Crippen LogP contribution in [0.2, 0.25) is 0 Å². The molecule has 0 aliphatic heterocycles. The molecule has 112 valence electrons. The van der Waals surface area contributed by atoms with Crippen molar-refractivity contribution in [1.29, 1.82) is 0 Å². The molecular formula is C14H11BrN4O3. The van der Waals surface area contributed by atoms with Crippen LogP contribution in [-0.2, 0) is 0 Å². The van der Waals surface area contributed by atoms with Crippen molar-refractivity contribution in [2.45, 2.75) is 0 Å². The van der Waals surface area contributed by atoms with Crippen molar-refractivity contribution in [3.8, 4) is 0 Å². The minimum atomic E-state index is -0.544. The van der Waals surface area contributed by atoms with Crippen LogP contribution in [0.3, 0.4) is 0 Å². The number of nitro benzene ring substituents is 1. The molecule has 0 unspecified atom stereocenters. The van der Waals surface area contributed by atoms with Crippen molar-refractivity contribution in [3.63, 3.8) is 0 Å². The van der Waals surface area contributed by atoms with E-state index < -0.39 is 11.0 Å². The fourth-order valence-electron chi connectivity index (χ4n) is 1.62. The van der Waals surface area contributed by atoms with E-state index in [0.29, 0.717) is 11.3 Å². The molecule has 2 aromatic rings. The number of halogens is 1. The SMILES string of the molecule is O=C(N/N=C/c1ccccc1[N+](=O)[O-])Nc1ccc(Br)cc1. The Bertz CT molecular complexity index is 716. The number of benzene rings is 2. The number of anilines is 1. The van der Waals surface area contributed by atoms with E-state index in [9.17, 15) is 14.9 Å². The standard InChI is InChI=1S/C14H11BrN4O3/c15-11-5-7-12(8-6-11)17-14(20)18-16-9-10-3-1-2-4-13(10)19(21)22/h1-9H,(H2,17,18,20)/b16-9+. The number of hydrogen-bond acceptors (Lipinski definition) is 4. The maximum Gasteiger partial charge on any atom is 0.339 e. The summed E-state index contributed by atoms with van der Waals surface area (Å²) in [6.07, 6.45) is 1.22. The summed E-state index contributed by atoms with van der Waals surface area (Å²) in [4.78, 5) is 21.9. The number of para-hydroxylation sites is 1. The van der Waals surface area contributed by atoms with Gasteiger partial charge in [0.25, 0.3) is 5.69 Å². The van der Waals surface area contributed by atoms with E-state index in [-0.39, 0.29) is 5.69 Å². The van der Waals surface area contributed by atoms with E-state index >= 15 is 0 Å². The van der Waals surface area contributed by atoms with Gasteiger partial charge in [0.05, 0.1) is 16.7 Å². The molecule has 7 nitrogen and oxygen atoms in total. The average Bonchev–Trinajstić information content (AvgIpc) is 2.50. The van der Waals surface area contributed by atoms with Gasteiger partial charge in [-0.25, -0.2) is 10.2 Å². The van der Waals surface area contributed by atoms with Crippen LogP contribution < -0.4 is 10.7 Å². The number of amides is 2. The zero-order valence-corrected chi connectivity index (χ0v) is 12.8. The van der Waals surface area contributed by atoms with Gasteiger partial charge >= 0.3 is 6.03 Å². The van der Waals surface area contributed by atoms with Crippen LogP contribution >= 0.6 is 15.9 Å². The number of urea groups is 1.